The monoisotopic (exact) mass is 267 g/mol. The predicted molar refractivity (Wildman–Crippen MR) is 71.1 cm³/mol. The molecular weight excluding hydrogens is 258 g/mol. The van der Waals surface area contributed by atoms with E-state index in [0.29, 0.717) is 10.4 Å². The van der Waals surface area contributed by atoms with Gasteiger partial charge in [-0.3, -0.25) is 0 Å². The summed E-state index contributed by atoms with van der Waals surface area (Å²) in [6.07, 6.45) is 0. The molecule has 0 radical (unpaired) electrons. The maximum atomic E-state index is 10.9. The average Bonchev–Trinajstić information content (AvgIpc) is 2.98. The van der Waals surface area contributed by atoms with E-state index in [1.807, 2.05) is 42.5 Å². The van der Waals surface area contributed by atoms with E-state index in [2.05, 4.69) is 15.5 Å². The van der Waals surface area contributed by atoms with Crippen LogP contribution in [0.15, 0.2) is 54.6 Å². The van der Waals surface area contributed by atoms with Crippen LogP contribution in [0.5, 0.6) is 0 Å². The van der Waals surface area contributed by atoms with E-state index in [4.69, 9.17) is 0 Å². The molecule has 1 aromatic heterocycles. The summed E-state index contributed by atoms with van der Waals surface area (Å²) in [7, 11) is 0. The second kappa shape index (κ2) is 4.88. The first kappa shape index (κ1) is 12.0. The van der Waals surface area contributed by atoms with E-state index in [1.165, 1.54) is 0 Å². The van der Waals surface area contributed by atoms with Crippen LogP contribution in [-0.2, 0) is 0 Å². The van der Waals surface area contributed by atoms with Crippen molar-refractivity contribution in [2.24, 2.45) is 0 Å². The molecule has 2 aromatic carbocycles. The maximum absolute atomic E-state index is 10.9. The molecule has 0 aliphatic carbocycles. The van der Waals surface area contributed by atoms with Gasteiger partial charge < -0.3 is 10.1 Å². The lowest BCUT2D eigenvalue weighted by Crippen LogP contribution is -2.12. The Morgan fingerprint density at radius 3 is 2.30 bits per heavy atom. The maximum Gasteiger partial charge on any atom is 0.256 e. The van der Waals surface area contributed by atoms with Crippen molar-refractivity contribution in [3.63, 3.8) is 0 Å². The van der Waals surface area contributed by atoms with Crippen LogP contribution in [0.3, 0.4) is 0 Å². The van der Waals surface area contributed by atoms with Crippen molar-refractivity contribution in [2.45, 2.75) is 0 Å². The molecule has 3 aromatic rings. The van der Waals surface area contributed by atoms with E-state index in [1.54, 1.807) is 12.1 Å². The molecule has 98 valence electrons. The first-order chi connectivity index (χ1) is 9.77. The Bertz CT molecular complexity index is 754. The Kier molecular flexibility index (Phi) is 2.92. The van der Waals surface area contributed by atoms with Gasteiger partial charge in [-0.1, -0.05) is 59.7 Å². The zero-order chi connectivity index (χ0) is 13.9. The van der Waals surface area contributed by atoms with Crippen LogP contribution in [-0.4, -0.2) is 25.3 Å². The Morgan fingerprint density at radius 1 is 0.950 bits per heavy atom. The van der Waals surface area contributed by atoms with Gasteiger partial charge in [0.15, 0.2) is 0 Å². The summed E-state index contributed by atoms with van der Waals surface area (Å²) < 4.78 is 0. The van der Waals surface area contributed by atoms with Crippen molar-refractivity contribution in [2.75, 3.05) is 0 Å². The van der Waals surface area contributed by atoms with E-state index >= 15 is 0 Å². The van der Waals surface area contributed by atoms with Crippen LogP contribution in [0.1, 0.15) is 0 Å². The summed E-state index contributed by atoms with van der Waals surface area (Å²) in [6, 6.07) is 16.9. The fraction of sp³-hybridized carbons (Fsp3) is 0. The SMILES string of the molecule is O=[N+]([O-])n1nnnc1-c1ccccc1-c1ccccc1. The van der Waals surface area contributed by atoms with Crippen molar-refractivity contribution in [1.29, 1.82) is 0 Å². The van der Waals surface area contributed by atoms with Gasteiger partial charge in [-0.15, -0.1) is 0 Å². The molecule has 0 N–H and O–H groups in total. The minimum absolute atomic E-state index is 0.106. The second-order valence-electron chi connectivity index (χ2n) is 4.04. The summed E-state index contributed by atoms with van der Waals surface area (Å²) in [5, 5.41) is 20.8. The van der Waals surface area contributed by atoms with Gasteiger partial charge in [-0.25, -0.2) is 0 Å². The molecule has 0 fully saturated rings. The van der Waals surface area contributed by atoms with Crippen LogP contribution in [0, 0.1) is 10.1 Å². The number of hydrogen-bond acceptors (Lipinski definition) is 5. The number of benzene rings is 2. The van der Waals surface area contributed by atoms with E-state index < -0.39 is 5.03 Å². The molecule has 0 bridgehead atoms. The standard InChI is InChI=1S/C13H9N5O2/c19-18(20)17-13(14-15-16-17)12-9-5-4-8-11(12)10-6-2-1-3-7-10/h1-9H. The minimum Gasteiger partial charge on any atom is -0.339 e. The summed E-state index contributed by atoms with van der Waals surface area (Å²) in [5.74, 6) is 0.106. The van der Waals surface area contributed by atoms with Crippen LogP contribution in [0.4, 0.5) is 0 Å². The summed E-state index contributed by atoms with van der Waals surface area (Å²) >= 11 is 0. The molecule has 20 heavy (non-hydrogen) atoms. The molecule has 0 saturated carbocycles. The highest BCUT2D eigenvalue weighted by atomic mass is 16.7. The summed E-state index contributed by atoms with van der Waals surface area (Å²) in [5.41, 5.74) is 2.40. The lowest BCUT2D eigenvalue weighted by atomic mass is 9.99. The average molecular weight is 267 g/mol. The van der Waals surface area contributed by atoms with Crippen molar-refractivity contribution in [3.05, 3.63) is 64.7 Å². The predicted octanol–water partition coefficient (Wildman–Crippen LogP) is 2.05. The van der Waals surface area contributed by atoms with Crippen LogP contribution in [0.2, 0.25) is 0 Å². The first-order valence-corrected chi connectivity index (χ1v) is 5.85. The zero-order valence-corrected chi connectivity index (χ0v) is 10.2. The molecule has 7 heteroatoms. The molecule has 0 unspecified atom stereocenters. The van der Waals surface area contributed by atoms with Crippen LogP contribution < -0.4 is 0 Å². The number of aromatic nitrogens is 4. The third-order valence-corrected chi connectivity index (χ3v) is 2.86. The Morgan fingerprint density at radius 2 is 1.60 bits per heavy atom. The van der Waals surface area contributed by atoms with Crippen molar-refractivity contribution in [3.8, 4) is 22.5 Å². The van der Waals surface area contributed by atoms with Gasteiger partial charge in [-0.05, 0) is 11.1 Å². The molecular formula is C13H9N5O2. The molecule has 0 atom stereocenters. The molecule has 7 nitrogen and oxygen atoms in total. The number of tetrazole rings is 1. The Labute approximate surface area is 113 Å². The van der Waals surface area contributed by atoms with Gasteiger partial charge in [0.2, 0.25) is 5.21 Å². The van der Waals surface area contributed by atoms with E-state index in [0.717, 1.165) is 11.1 Å². The summed E-state index contributed by atoms with van der Waals surface area (Å²) in [6.45, 7) is 0. The fourth-order valence-electron chi connectivity index (χ4n) is 2.00. The van der Waals surface area contributed by atoms with Gasteiger partial charge in [-0.2, -0.15) is 0 Å². The number of nitro groups is 1. The molecule has 0 aliphatic heterocycles. The second-order valence-corrected chi connectivity index (χ2v) is 4.04. The minimum atomic E-state index is -0.656. The largest absolute Gasteiger partial charge is 0.339 e. The highest BCUT2D eigenvalue weighted by Gasteiger charge is 2.20. The third-order valence-electron chi connectivity index (χ3n) is 2.86. The molecule has 0 saturated heterocycles. The van der Waals surface area contributed by atoms with Crippen molar-refractivity contribution < 1.29 is 5.03 Å². The van der Waals surface area contributed by atoms with Crippen molar-refractivity contribution in [1.82, 2.24) is 20.3 Å². The van der Waals surface area contributed by atoms with Crippen LogP contribution in [0.25, 0.3) is 22.5 Å². The highest BCUT2D eigenvalue weighted by molar-refractivity contribution is 5.80. The third kappa shape index (κ3) is 2.01. The number of nitrogens with zero attached hydrogens (tertiary/aromatic N) is 5. The zero-order valence-electron chi connectivity index (χ0n) is 10.2. The van der Waals surface area contributed by atoms with Gasteiger partial charge in [0, 0.05) is 5.56 Å². The normalized spacial score (nSPS) is 10.4. The topological polar surface area (TPSA) is 86.7 Å². The number of rotatable bonds is 3. The molecule has 3 rings (SSSR count). The van der Waals surface area contributed by atoms with Crippen LogP contribution >= 0.6 is 0 Å². The molecule has 0 amide bonds. The van der Waals surface area contributed by atoms with E-state index in [9.17, 15) is 10.1 Å². The molecule has 0 aliphatic rings. The smallest absolute Gasteiger partial charge is 0.256 e. The van der Waals surface area contributed by atoms with Gasteiger partial charge in [0.05, 0.1) is 9.82 Å². The fourth-order valence-corrected chi connectivity index (χ4v) is 2.00. The first-order valence-electron chi connectivity index (χ1n) is 5.85. The Hall–Kier alpha value is -3.09. The van der Waals surface area contributed by atoms with Gasteiger partial charge in [0.25, 0.3) is 5.82 Å². The summed E-state index contributed by atoms with van der Waals surface area (Å²) in [4.78, 5) is 11.5. The molecule has 1 heterocycles. The highest BCUT2D eigenvalue weighted by Crippen LogP contribution is 2.30. The Balaban J connectivity index is 2.21. The van der Waals surface area contributed by atoms with Gasteiger partial charge in [0.1, 0.15) is 5.21 Å². The van der Waals surface area contributed by atoms with E-state index in [-0.39, 0.29) is 5.82 Å². The lowest BCUT2D eigenvalue weighted by molar-refractivity contribution is -0.551. The lowest BCUT2D eigenvalue weighted by Gasteiger charge is -2.06. The van der Waals surface area contributed by atoms with Gasteiger partial charge >= 0.3 is 0 Å². The quantitative estimate of drug-likeness (QED) is 0.535. The number of hydrogen-bond donors (Lipinski definition) is 0. The van der Waals surface area contributed by atoms with Crippen molar-refractivity contribution >= 4 is 0 Å². The molecule has 0 spiro atoms.